The largest absolute Gasteiger partial charge is 0.353 e. The van der Waals surface area contributed by atoms with Gasteiger partial charge in [0.05, 0.1) is 0 Å². The molecule has 0 atom stereocenters. The van der Waals surface area contributed by atoms with Gasteiger partial charge in [0.15, 0.2) is 0 Å². The molecule has 2 heterocycles. The van der Waals surface area contributed by atoms with Gasteiger partial charge in [0.25, 0.3) is 0 Å². The number of nitrogens with zero attached hydrogens (tertiary/aromatic N) is 3. The zero-order valence-electron chi connectivity index (χ0n) is 12.1. The second-order valence-electron chi connectivity index (χ2n) is 5.31. The van der Waals surface area contributed by atoms with E-state index in [9.17, 15) is 4.79 Å². The molecule has 1 saturated heterocycles. The lowest BCUT2D eigenvalue weighted by Crippen LogP contribution is -2.50. The fraction of sp³-hybridized carbons (Fsp3) is 0.600. The van der Waals surface area contributed by atoms with Crippen molar-refractivity contribution < 1.29 is 4.79 Å². The second-order valence-corrected chi connectivity index (χ2v) is 5.31. The summed E-state index contributed by atoms with van der Waals surface area (Å²) >= 11 is 0. The summed E-state index contributed by atoms with van der Waals surface area (Å²) in [5, 5.41) is 0. The highest BCUT2D eigenvalue weighted by molar-refractivity contribution is 5.78. The lowest BCUT2D eigenvalue weighted by atomic mass is 10.1. The minimum atomic E-state index is 0.0908. The van der Waals surface area contributed by atoms with Crippen LogP contribution in [0, 0.1) is 5.92 Å². The number of amides is 1. The lowest BCUT2D eigenvalue weighted by Gasteiger charge is -2.36. The molecule has 0 N–H and O–H groups in total. The third-order valence-corrected chi connectivity index (χ3v) is 3.56. The Morgan fingerprint density at radius 2 is 1.95 bits per heavy atom. The first-order chi connectivity index (χ1) is 9.11. The van der Waals surface area contributed by atoms with Crippen molar-refractivity contribution in [2.24, 2.45) is 5.92 Å². The summed E-state index contributed by atoms with van der Waals surface area (Å²) in [4.78, 5) is 20.8. The van der Waals surface area contributed by atoms with Gasteiger partial charge in [0, 0.05) is 37.8 Å². The lowest BCUT2D eigenvalue weighted by molar-refractivity contribution is -0.134. The minimum Gasteiger partial charge on any atom is -0.353 e. The van der Waals surface area contributed by atoms with Crippen LogP contribution in [0.3, 0.4) is 0 Å². The average Bonchev–Trinajstić information content (AvgIpc) is 2.46. The van der Waals surface area contributed by atoms with E-state index in [4.69, 9.17) is 0 Å². The highest BCUT2D eigenvalue weighted by Crippen LogP contribution is 2.15. The molecule has 0 spiro atoms. The van der Waals surface area contributed by atoms with Crippen LogP contribution in [0.15, 0.2) is 18.2 Å². The van der Waals surface area contributed by atoms with Crippen LogP contribution >= 0.6 is 0 Å². The first-order valence-corrected chi connectivity index (χ1v) is 7.11. The number of rotatable bonds is 3. The van der Waals surface area contributed by atoms with Gasteiger partial charge in [-0.3, -0.25) is 4.79 Å². The summed E-state index contributed by atoms with van der Waals surface area (Å²) in [6.07, 6.45) is 0.958. The first kappa shape index (κ1) is 13.8. The zero-order valence-corrected chi connectivity index (χ0v) is 12.1. The molecule has 0 aromatic carbocycles. The number of anilines is 1. The minimum absolute atomic E-state index is 0.0908. The Balaban J connectivity index is 1.97. The maximum atomic E-state index is 11.9. The van der Waals surface area contributed by atoms with Crippen LogP contribution in [-0.4, -0.2) is 42.0 Å². The summed E-state index contributed by atoms with van der Waals surface area (Å²) in [7, 11) is 0. The zero-order chi connectivity index (χ0) is 13.8. The topological polar surface area (TPSA) is 36.4 Å². The van der Waals surface area contributed by atoms with Crippen molar-refractivity contribution in [2.45, 2.75) is 27.2 Å². The van der Waals surface area contributed by atoms with Gasteiger partial charge in [0.2, 0.25) is 5.91 Å². The normalized spacial score (nSPS) is 16.0. The van der Waals surface area contributed by atoms with Crippen molar-refractivity contribution in [1.29, 1.82) is 0 Å². The smallest absolute Gasteiger partial charge is 0.225 e. The molecule has 0 bridgehead atoms. The van der Waals surface area contributed by atoms with Crippen molar-refractivity contribution in [1.82, 2.24) is 9.88 Å². The van der Waals surface area contributed by atoms with E-state index in [0.717, 1.165) is 44.1 Å². The molecular formula is C15H23N3O. The van der Waals surface area contributed by atoms with Gasteiger partial charge >= 0.3 is 0 Å². The van der Waals surface area contributed by atoms with E-state index >= 15 is 0 Å². The SMILES string of the molecule is CCc1cccc(N2CCN(C(=O)C(C)C)CC2)n1. The standard InChI is InChI=1S/C15H23N3O/c1-4-13-6-5-7-14(16-13)17-8-10-18(11-9-17)15(19)12(2)3/h5-7,12H,4,8-11H2,1-3H3. The second kappa shape index (κ2) is 6.04. The molecule has 2 rings (SSSR count). The molecule has 0 radical (unpaired) electrons. The van der Waals surface area contributed by atoms with Gasteiger partial charge in [0.1, 0.15) is 5.82 Å². The third kappa shape index (κ3) is 3.25. The number of hydrogen-bond donors (Lipinski definition) is 0. The van der Waals surface area contributed by atoms with Crippen LogP contribution in [0.1, 0.15) is 26.5 Å². The van der Waals surface area contributed by atoms with Crippen molar-refractivity contribution in [2.75, 3.05) is 31.1 Å². The average molecular weight is 261 g/mol. The van der Waals surface area contributed by atoms with Crippen LogP contribution in [0.25, 0.3) is 0 Å². The number of aromatic nitrogens is 1. The van der Waals surface area contributed by atoms with E-state index in [0.29, 0.717) is 0 Å². The number of hydrogen-bond acceptors (Lipinski definition) is 3. The van der Waals surface area contributed by atoms with E-state index in [1.807, 2.05) is 18.7 Å². The number of aryl methyl sites for hydroxylation is 1. The van der Waals surface area contributed by atoms with E-state index in [2.05, 4.69) is 35.0 Å². The third-order valence-electron chi connectivity index (χ3n) is 3.56. The van der Waals surface area contributed by atoms with Gasteiger partial charge in [-0.15, -0.1) is 0 Å². The molecule has 104 valence electrons. The molecule has 1 aliphatic rings. The van der Waals surface area contributed by atoms with Crippen LogP contribution in [0.4, 0.5) is 5.82 Å². The summed E-state index contributed by atoms with van der Waals surface area (Å²) < 4.78 is 0. The Bertz CT molecular complexity index is 437. The fourth-order valence-electron chi connectivity index (χ4n) is 2.36. The highest BCUT2D eigenvalue weighted by Gasteiger charge is 2.23. The molecular weight excluding hydrogens is 238 g/mol. The van der Waals surface area contributed by atoms with Gasteiger partial charge in [-0.1, -0.05) is 26.8 Å². The van der Waals surface area contributed by atoms with Gasteiger partial charge in [-0.2, -0.15) is 0 Å². The molecule has 19 heavy (non-hydrogen) atoms. The Hall–Kier alpha value is -1.58. The molecule has 0 saturated carbocycles. The number of carbonyl (C=O) groups is 1. The predicted molar refractivity (Wildman–Crippen MR) is 77.2 cm³/mol. The maximum absolute atomic E-state index is 11.9. The quantitative estimate of drug-likeness (QED) is 0.834. The van der Waals surface area contributed by atoms with E-state index in [1.165, 1.54) is 0 Å². The van der Waals surface area contributed by atoms with Crippen LogP contribution in [0.5, 0.6) is 0 Å². The fourth-order valence-corrected chi connectivity index (χ4v) is 2.36. The van der Waals surface area contributed by atoms with Crippen molar-refractivity contribution >= 4 is 11.7 Å². The summed E-state index contributed by atoms with van der Waals surface area (Å²) in [6.45, 7) is 9.38. The molecule has 0 unspecified atom stereocenters. The van der Waals surface area contributed by atoms with Crippen molar-refractivity contribution in [3.05, 3.63) is 23.9 Å². The van der Waals surface area contributed by atoms with Gasteiger partial charge < -0.3 is 9.80 Å². The monoisotopic (exact) mass is 261 g/mol. The number of piperazine rings is 1. The maximum Gasteiger partial charge on any atom is 0.225 e. The number of carbonyl (C=O) groups excluding carboxylic acids is 1. The number of pyridine rings is 1. The van der Waals surface area contributed by atoms with Gasteiger partial charge in [-0.05, 0) is 18.6 Å². The summed E-state index contributed by atoms with van der Waals surface area (Å²) in [5.74, 6) is 1.39. The Kier molecular flexibility index (Phi) is 4.40. The van der Waals surface area contributed by atoms with E-state index in [-0.39, 0.29) is 11.8 Å². The van der Waals surface area contributed by atoms with Crippen LogP contribution in [-0.2, 0) is 11.2 Å². The van der Waals surface area contributed by atoms with Crippen LogP contribution < -0.4 is 4.90 Å². The molecule has 1 aromatic heterocycles. The Labute approximate surface area is 115 Å². The molecule has 1 amide bonds. The first-order valence-electron chi connectivity index (χ1n) is 7.11. The predicted octanol–water partition coefficient (Wildman–Crippen LogP) is 1.95. The Morgan fingerprint density at radius 3 is 2.53 bits per heavy atom. The Morgan fingerprint density at radius 1 is 1.26 bits per heavy atom. The van der Waals surface area contributed by atoms with Crippen LogP contribution in [0.2, 0.25) is 0 Å². The molecule has 1 aromatic rings. The van der Waals surface area contributed by atoms with Gasteiger partial charge in [-0.25, -0.2) is 4.98 Å². The van der Waals surface area contributed by atoms with E-state index in [1.54, 1.807) is 0 Å². The highest BCUT2D eigenvalue weighted by atomic mass is 16.2. The molecule has 1 fully saturated rings. The molecule has 4 heteroatoms. The molecule has 4 nitrogen and oxygen atoms in total. The summed E-state index contributed by atoms with van der Waals surface area (Å²) in [6, 6.07) is 6.17. The molecule has 1 aliphatic heterocycles. The van der Waals surface area contributed by atoms with E-state index < -0.39 is 0 Å². The molecule has 0 aliphatic carbocycles. The van der Waals surface area contributed by atoms with Crippen molar-refractivity contribution in [3.63, 3.8) is 0 Å². The summed E-state index contributed by atoms with van der Waals surface area (Å²) in [5.41, 5.74) is 1.12. The van der Waals surface area contributed by atoms with Crippen molar-refractivity contribution in [3.8, 4) is 0 Å².